The maximum absolute atomic E-state index is 12.8. The van der Waals surface area contributed by atoms with Crippen molar-refractivity contribution in [3.63, 3.8) is 0 Å². The summed E-state index contributed by atoms with van der Waals surface area (Å²) in [6.07, 6.45) is 0.858. The standard InChI is InChI=1S/C14H23N3O2S/c1-10-5-6-13(15)14(11(10)2)20(18,19)17-8-7-12(9-17)16(3)4/h5-6,12H,7-9,15H2,1-4H3. The predicted octanol–water partition coefficient (Wildman–Crippen LogP) is 1.21. The van der Waals surface area contributed by atoms with Gasteiger partial charge in [0.15, 0.2) is 0 Å². The van der Waals surface area contributed by atoms with E-state index in [9.17, 15) is 8.42 Å². The summed E-state index contributed by atoms with van der Waals surface area (Å²) in [5.74, 6) is 0. The van der Waals surface area contributed by atoms with Gasteiger partial charge in [0.1, 0.15) is 4.90 Å². The van der Waals surface area contributed by atoms with E-state index in [1.54, 1.807) is 10.4 Å². The summed E-state index contributed by atoms with van der Waals surface area (Å²) in [7, 11) is 0.451. The van der Waals surface area contributed by atoms with Gasteiger partial charge in [-0.25, -0.2) is 8.42 Å². The lowest BCUT2D eigenvalue weighted by Crippen LogP contribution is -2.35. The zero-order chi connectivity index (χ0) is 15.1. The Kier molecular flexibility index (Phi) is 4.09. The van der Waals surface area contributed by atoms with Crippen LogP contribution in [-0.2, 0) is 10.0 Å². The summed E-state index contributed by atoms with van der Waals surface area (Å²) in [4.78, 5) is 2.35. The Balaban J connectivity index is 2.40. The van der Waals surface area contributed by atoms with Crippen molar-refractivity contribution in [3.05, 3.63) is 23.3 Å². The lowest BCUT2D eigenvalue weighted by Gasteiger charge is -2.22. The van der Waals surface area contributed by atoms with Gasteiger partial charge < -0.3 is 10.6 Å². The zero-order valence-electron chi connectivity index (χ0n) is 12.5. The highest BCUT2D eigenvalue weighted by molar-refractivity contribution is 7.89. The fourth-order valence-corrected chi connectivity index (χ4v) is 4.52. The van der Waals surface area contributed by atoms with E-state index in [0.717, 1.165) is 17.5 Å². The first kappa shape index (κ1) is 15.3. The molecule has 1 aliphatic rings. The molecular weight excluding hydrogens is 274 g/mol. The largest absolute Gasteiger partial charge is 0.398 e. The maximum atomic E-state index is 12.8. The average molecular weight is 297 g/mol. The number of hydrogen-bond acceptors (Lipinski definition) is 4. The molecule has 0 saturated carbocycles. The third-order valence-electron chi connectivity index (χ3n) is 4.16. The number of anilines is 1. The number of likely N-dealkylation sites (N-methyl/N-ethyl adjacent to an activating group) is 1. The SMILES string of the molecule is Cc1ccc(N)c(S(=O)(=O)N2CCC(N(C)C)C2)c1C. The van der Waals surface area contributed by atoms with E-state index < -0.39 is 10.0 Å². The van der Waals surface area contributed by atoms with Crippen LogP contribution in [0.2, 0.25) is 0 Å². The van der Waals surface area contributed by atoms with Crippen molar-refractivity contribution in [3.8, 4) is 0 Å². The van der Waals surface area contributed by atoms with Crippen molar-refractivity contribution in [2.24, 2.45) is 0 Å². The number of nitrogens with zero attached hydrogens (tertiary/aromatic N) is 2. The Morgan fingerprint density at radius 1 is 1.30 bits per heavy atom. The van der Waals surface area contributed by atoms with Crippen molar-refractivity contribution in [2.75, 3.05) is 32.9 Å². The molecule has 20 heavy (non-hydrogen) atoms. The summed E-state index contributed by atoms with van der Waals surface area (Å²) >= 11 is 0. The van der Waals surface area contributed by atoms with Gasteiger partial charge in [-0.15, -0.1) is 0 Å². The van der Waals surface area contributed by atoms with Crippen LogP contribution in [0, 0.1) is 13.8 Å². The van der Waals surface area contributed by atoms with Crippen LogP contribution in [0.1, 0.15) is 17.5 Å². The molecule has 0 aromatic heterocycles. The van der Waals surface area contributed by atoms with E-state index in [2.05, 4.69) is 4.90 Å². The fraction of sp³-hybridized carbons (Fsp3) is 0.571. The molecule has 0 aliphatic carbocycles. The van der Waals surface area contributed by atoms with Gasteiger partial charge in [0, 0.05) is 19.1 Å². The predicted molar refractivity (Wildman–Crippen MR) is 81.2 cm³/mol. The van der Waals surface area contributed by atoms with Gasteiger partial charge >= 0.3 is 0 Å². The van der Waals surface area contributed by atoms with E-state index in [1.807, 2.05) is 34.0 Å². The molecule has 0 bridgehead atoms. The Bertz CT molecular complexity index is 611. The highest BCUT2D eigenvalue weighted by Crippen LogP contribution is 2.30. The normalized spacial score (nSPS) is 20.8. The summed E-state index contributed by atoms with van der Waals surface area (Å²) in [5.41, 5.74) is 7.95. The van der Waals surface area contributed by atoms with Gasteiger partial charge in [-0.1, -0.05) is 6.07 Å². The van der Waals surface area contributed by atoms with Crippen LogP contribution in [0.3, 0.4) is 0 Å². The minimum absolute atomic E-state index is 0.274. The number of nitrogens with two attached hydrogens (primary N) is 1. The van der Waals surface area contributed by atoms with Crippen LogP contribution < -0.4 is 5.73 Å². The molecule has 112 valence electrons. The molecule has 1 unspecified atom stereocenters. The molecule has 1 saturated heterocycles. The molecule has 1 aromatic rings. The van der Waals surface area contributed by atoms with Crippen molar-refractivity contribution in [1.82, 2.24) is 9.21 Å². The van der Waals surface area contributed by atoms with Crippen LogP contribution >= 0.6 is 0 Å². The number of nitrogen functional groups attached to an aromatic ring is 1. The molecule has 0 amide bonds. The van der Waals surface area contributed by atoms with E-state index in [1.165, 1.54) is 0 Å². The lowest BCUT2D eigenvalue weighted by molar-refractivity contribution is 0.302. The highest BCUT2D eigenvalue weighted by atomic mass is 32.2. The molecule has 0 radical (unpaired) electrons. The molecule has 6 heteroatoms. The third kappa shape index (κ3) is 2.55. The van der Waals surface area contributed by atoms with Gasteiger partial charge in [-0.05, 0) is 51.6 Å². The zero-order valence-corrected chi connectivity index (χ0v) is 13.4. The van der Waals surface area contributed by atoms with E-state index in [0.29, 0.717) is 18.8 Å². The fourth-order valence-electron chi connectivity index (χ4n) is 2.63. The van der Waals surface area contributed by atoms with E-state index in [4.69, 9.17) is 5.73 Å². The van der Waals surface area contributed by atoms with Gasteiger partial charge in [-0.3, -0.25) is 0 Å². The second kappa shape index (κ2) is 5.35. The molecule has 0 spiro atoms. The number of aryl methyl sites for hydroxylation is 1. The van der Waals surface area contributed by atoms with Gasteiger partial charge in [-0.2, -0.15) is 4.31 Å². The molecule has 1 heterocycles. The lowest BCUT2D eigenvalue weighted by atomic mass is 10.1. The maximum Gasteiger partial charge on any atom is 0.245 e. The van der Waals surface area contributed by atoms with Crippen molar-refractivity contribution < 1.29 is 8.42 Å². The van der Waals surface area contributed by atoms with Crippen molar-refractivity contribution in [1.29, 1.82) is 0 Å². The second-order valence-electron chi connectivity index (χ2n) is 5.69. The average Bonchev–Trinajstić information content (AvgIpc) is 2.84. The molecule has 1 fully saturated rings. The van der Waals surface area contributed by atoms with E-state index >= 15 is 0 Å². The molecular formula is C14H23N3O2S. The van der Waals surface area contributed by atoms with Crippen molar-refractivity contribution in [2.45, 2.75) is 31.2 Å². The van der Waals surface area contributed by atoms with Gasteiger partial charge in [0.05, 0.1) is 5.69 Å². The van der Waals surface area contributed by atoms with Gasteiger partial charge in [0.25, 0.3) is 0 Å². The first-order valence-corrected chi connectivity index (χ1v) is 8.21. The molecule has 1 aromatic carbocycles. The molecule has 2 N–H and O–H groups in total. The molecule has 5 nitrogen and oxygen atoms in total. The topological polar surface area (TPSA) is 66.6 Å². The molecule has 2 rings (SSSR count). The second-order valence-corrected chi connectivity index (χ2v) is 7.57. The monoisotopic (exact) mass is 297 g/mol. The van der Waals surface area contributed by atoms with Crippen LogP contribution in [0.5, 0.6) is 0 Å². The smallest absolute Gasteiger partial charge is 0.245 e. The van der Waals surface area contributed by atoms with Crippen LogP contribution in [-0.4, -0.2) is 50.8 Å². The Morgan fingerprint density at radius 3 is 2.50 bits per heavy atom. The number of benzene rings is 1. The Morgan fingerprint density at radius 2 is 1.95 bits per heavy atom. The number of rotatable bonds is 3. The molecule has 1 aliphatic heterocycles. The highest BCUT2D eigenvalue weighted by Gasteiger charge is 2.35. The van der Waals surface area contributed by atoms with Crippen LogP contribution in [0.15, 0.2) is 17.0 Å². The summed E-state index contributed by atoms with van der Waals surface area (Å²) < 4.78 is 27.2. The summed E-state index contributed by atoms with van der Waals surface area (Å²) in [6.45, 7) is 4.80. The minimum Gasteiger partial charge on any atom is -0.398 e. The summed E-state index contributed by atoms with van der Waals surface area (Å²) in [6, 6.07) is 3.81. The van der Waals surface area contributed by atoms with Crippen LogP contribution in [0.25, 0.3) is 0 Å². The van der Waals surface area contributed by atoms with Gasteiger partial charge in [0.2, 0.25) is 10.0 Å². The number of sulfonamides is 1. The first-order valence-electron chi connectivity index (χ1n) is 6.77. The number of hydrogen-bond donors (Lipinski definition) is 1. The Hall–Kier alpha value is -1.11. The first-order chi connectivity index (χ1) is 9.25. The van der Waals surface area contributed by atoms with Crippen LogP contribution in [0.4, 0.5) is 5.69 Å². The van der Waals surface area contributed by atoms with E-state index in [-0.39, 0.29) is 10.9 Å². The Labute approximate surface area is 121 Å². The quantitative estimate of drug-likeness (QED) is 0.852. The molecule has 1 atom stereocenters. The third-order valence-corrected chi connectivity index (χ3v) is 6.23. The minimum atomic E-state index is -3.51. The summed E-state index contributed by atoms with van der Waals surface area (Å²) in [5, 5.41) is 0. The van der Waals surface area contributed by atoms with Crippen molar-refractivity contribution >= 4 is 15.7 Å².